The van der Waals surface area contributed by atoms with Gasteiger partial charge in [-0.15, -0.1) is 0 Å². The molecule has 3 heterocycles. The van der Waals surface area contributed by atoms with Crippen molar-refractivity contribution in [3.63, 3.8) is 0 Å². The van der Waals surface area contributed by atoms with Crippen molar-refractivity contribution >= 4 is 0 Å². The fraction of sp³-hybridized carbons (Fsp3) is 0.429. The fourth-order valence-electron chi connectivity index (χ4n) is 3.90. The molecule has 0 aliphatic carbocycles. The standard InChI is InChI=1S/C21H27N5/c1-17(2)24-11-3-4-18(14-24)15-25-13-10-23-21(25)19-5-7-20(8-6-19)26-12-9-22-16-26/h5-10,12-13,16-18H,3-4,11,14-15H2,1-2H3/t18-/m1/s1. The number of piperidine rings is 1. The Morgan fingerprint density at radius 2 is 1.96 bits per heavy atom. The zero-order valence-corrected chi connectivity index (χ0v) is 15.6. The topological polar surface area (TPSA) is 38.9 Å². The molecule has 0 amide bonds. The Balaban J connectivity index is 1.50. The van der Waals surface area contributed by atoms with Gasteiger partial charge in [-0.25, -0.2) is 9.97 Å². The quantitative estimate of drug-likeness (QED) is 0.702. The van der Waals surface area contributed by atoms with E-state index in [1.807, 2.05) is 23.3 Å². The van der Waals surface area contributed by atoms with Crippen molar-refractivity contribution in [2.75, 3.05) is 13.1 Å². The van der Waals surface area contributed by atoms with Gasteiger partial charge in [-0.1, -0.05) is 0 Å². The second kappa shape index (κ2) is 7.46. The predicted octanol–water partition coefficient (Wildman–Crippen LogP) is 3.86. The first kappa shape index (κ1) is 17.0. The Morgan fingerprint density at radius 3 is 2.69 bits per heavy atom. The van der Waals surface area contributed by atoms with E-state index < -0.39 is 0 Å². The van der Waals surface area contributed by atoms with Crippen LogP contribution < -0.4 is 0 Å². The first-order chi connectivity index (χ1) is 12.7. The Bertz CT molecular complexity index is 816. The lowest BCUT2D eigenvalue weighted by Gasteiger charge is -2.35. The lowest BCUT2D eigenvalue weighted by atomic mass is 9.97. The molecule has 0 saturated carbocycles. The van der Waals surface area contributed by atoms with Crippen molar-refractivity contribution in [3.05, 3.63) is 55.4 Å². The zero-order valence-electron chi connectivity index (χ0n) is 15.6. The number of nitrogens with zero attached hydrogens (tertiary/aromatic N) is 5. The van der Waals surface area contributed by atoms with Gasteiger partial charge in [-0.3, -0.25) is 0 Å². The first-order valence-corrected chi connectivity index (χ1v) is 9.54. The minimum Gasteiger partial charge on any atom is -0.331 e. The van der Waals surface area contributed by atoms with Gasteiger partial charge in [0.15, 0.2) is 0 Å². The van der Waals surface area contributed by atoms with Crippen LogP contribution in [0.4, 0.5) is 0 Å². The van der Waals surface area contributed by atoms with Crippen molar-refractivity contribution in [1.82, 2.24) is 24.0 Å². The molecule has 0 bridgehead atoms. The molecule has 1 aliphatic rings. The minimum atomic E-state index is 0.635. The first-order valence-electron chi connectivity index (χ1n) is 9.54. The third-order valence-electron chi connectivity index (χ3n) is 5.38. The smallest absolute Gasteiger partial charge is 0.139 e. The van der Waals surface area contributed by atoms with Crippen LogP contribution >= 0.6 is 0 Å². The molecule has 1 aliphatic heterocycles. The molecule has 2 aromatic heterocycles. The van der Waals surface area contributed by atoms with Gasteiger partial charge in [-0.05, 0) is 63.4 Å². The molecule has 5 heteroatoms. The van der Waals surface area contributed by atoms with Crippen molar-refractivity contribution in [3.8, 4) is 17.1 Å². The predicted molar refractivity (Wildman–Crippen MR) is 104 cm³/mol. The van der Waals surface area contributed by atoms with E-state index in [1.165, 1.54) is 25.9 Å². The maximum atomic E-state index is 4.63. The van der Waals surface area contributed by atoms with Gasteiger partial charge in [0.2, 0.25) is 0 Å². The molecule has 1 aromatic carbocycles. The van der Waals surface area contributed by atoms with Crippen LogP contribution in [0, 0.1) is 5.92 Å². The molecular weight excluding hydrogens is 322 g/mol. The molecule has 0 spiro atoms. The normalized spacial score (nSPS) is 18.5. The molecule has 4 rings (SSSR count). The van der Waals surface area contributed by atoms with Crippen LogP contribution in [0.25, 0.3) is 17.1 Å². The molecule has 136 valence electrons. The molecule has 0 unspecified atom stereocenters. The number of likely N-dealkylation sites (tertiary alicyclic amines) is 1. The van der Waals surface area contributed by atoms with E-state index in [2.05, 4.69) is 63.7 Å². The van der Waals surface area contributed by atoms with Crippen molar-refractivity contribution in [2.24, 2.45) is 5.92 Å². The third-order valence-corrected chi connectivity index (χ3v) is 5.38. The maximum absolute atomic E-state index is 4.63. The third kappa shape index (κ3) is 3.58. The molecule has 1 saturated heterocycles. The Kier molecular flexibility index (Phi) is 4.89. The fourth-order valence-corrected chi connectivity index (χ4v) is 3.90. The lowest BCUT2D eigenvalue weighted by Crippen LogP contribution is -2.41. The van der Waals surface area contributed by atoms with Gasteiger partial charge < -0.3 is 14.0 Å². The average molecular weight is 349 g/mol. The van der Waals surface area contributed by atoms with E-state index in [4.69, 9.17) is 0 Å². The second-order valence-corrected chi connectivity index (χ2v) is 7.52. The summed E-state index contributed by atoms with van der Waals surface area (Å²) in [5, 5.41) is 0. The van der Waals surface area contributed by atoms with Crippen LogP contribution in [-0.2, 0) is 6.54 Å². The van der Waals surface area contributed by atoms with Gasteiger partial charge >= 0.3 is 0 Å². The van der Waals surface area contributed by atoms with E-state index in [9.17, 15) is 0 Å². The van der Waals surface area contributed by atoms with Gasteiger partial charge in [0, 0.05) is 55.2 Å². The van der Waals surface area contributed by atoms with E-state index in [0.29, 0.717) is 12.0 Å². The van der Waals surface area contributed by atoms with Crippen LogP contribution in [0.2, 0.25) is 0 Å². The molecular formula is C21H27N5. The van der Waals surface area contributed by atoms with Crippen LogP contribution in [0.5, 0.6) is 0 Å². The summed E-state index contributed by atoms with van der Waals surface area (Å²) < 4.78 is 4.33. The minimum absolute atomic E-state index is 0.635. The number of hydrogen-bond donors (Lipinski definition) is 0. The Hall–Kier alpha value is -2.40. The highest BCUT2D eigenvalue weighted by Crippen LogP contribution is 2.24. The number of benzene rings is 1. The Labute approximate surface area is 155 Å². The summed E-state index contributed by atoms with van der Waals surface area (Å²) >= 11 is 0. The zero-order chi connectivity index (χ0) is 17.9. The van der Waals surface area contributed by atoms with Crippen LogP contribution in [-0.4, -0.2) is 43.1 Å². The maximum Gasteiger partial charge on any atom is 0.139 e. The largest absolute Gasteiger partial charge is 0.331 e. The molecule has 1 atom stereocenters. The SMILES string of the molecule is CC(C)N1CCC[C@@H](Cn2ccnc2-c2ccc(-n3ccnc3)cc2)C1. The monoisotopic (exact) mass is 349 g/mol. The number of imidazole rings is 2. The van der Waals surface area contributed by atoms with Crippen LogP contribution in [0.3, 0.4) is 0 Å². The summed E-state index contributed by atoms with van der Waals surface area (Å²) in [6.45, 7) is 8.07. The molecule has 5 nitrogen and oxygen atoms in total. The highest BCUT2D eigenvalue weighted by Gasteiger charge is 2.22. The summed E-state index contributed by atoms with van der Waals surface area (Å²) in [7, 11) is 0. The number of rotatable bonds is 5. The van der Waals surface area contributed by atoms with Crippen molar-refractivity contribution < 1.29 is 0 Å². The molecule has 26 heavy (non-hydrogen) atoms. The summed E-state index contributed by atoms with van der Waals surface area (Å²) in [5.74, 6) is 1.76. The van der Waals surface area contributed by atoms with Crippen LogP contribution in [0.1, 0.15) is 26.7 Å². The second-order valence-electron chi connectivity index (χ2n) is 7.52. The highest BCUT2D eigenvalue weighted by atomic mass is 15.2. The van der Waals surface area contributed by atoms with Crippen molar-refractivity contribution in [1.29, 1.82) is 0 Å². The van der Waals surface area contributed by atoms with E-state index in [-0.39, 0.29) is 0 Å². The summed E-state index contributed by atoms with van der Waals surface area (Å²) in [4.78, 5) is 11.3. The lowest BCUT2D eigenvalue weighted by molar-refractivity contribution is 0.131. The van der Waals surface area contributed by atoms with E-state index in [1.54, 1.807) is 6.20 Å². The summed E-state index contributed by atoms with van der Waals surface area (Å²) in [6, 6.07) is 9.18. The van der Waals surface area contributed by atoms with E-state index >= 15 is 0 Å². The number of hydrogen-bond acceptors (Lipinski definition) is 3. The van der Waals surface area contributed by atoms with Crippen molar-refractivity contribution in [2.45, 2.75) is 39.3 Å². The van der Waals surface area contributed by atoms with Gasteiger partial charge in [0.1, 0.15) is 5.82 Å². The summed E-state index contributed by atoms with van der Waals surface area (Å²) in [5.41, 5.74) is 2.28. The van der Waals surface area contributed by atoms with Crippen LogP contribution in [0.15, 0.2) is 55.4 Å². The highest BCUT2D eigenvalue weighted by molar-refractivity contribution is 5.57. The van der Waals surface area contributed by atoms with Gasteiger partial charge in [0.25, 0.3) is 0 Å². The molecule has 0 radical (unpaired) electrons. The summed E-state index contributed by atoms with van der Waals surface area (Å²) in [6.07, 6.45) is 12.2. The molecule has 0 N–H and O–H groups in total. The average Bonchev–Trinajstić information content (AvgIpc) is 3.34. The Morgan fingerprint density at radius 1 is 1.12 bits per heavy atom. The van der Waals surface area contributed by atoms with Gasteiger partial charge in [-0.2, -0.15) is 0 Å². The van der Waals surface area contributed by atoms with E-state index in [0.717, 1.165) is 23.6 Å². The van der Waals surface area contributed by atoms with Gasteiger partial charge in [0.05, 0.1) is 6.33 Å². The molecule has 3 aromatic rings. The number of aromatic nitrogens is 4. The molecule has 1 fully saturated rings.